The Hall–Kier alpha value is -0.350. The van der Waals surface area contributed by atoms with Gasteiger partial charge >= 0.3 is 0 Å². The summed E-state index contributed by atoms with van der Waals surface area (Å²) in [6.07, 6.45) is 0. The molecule has 4 heteroatoms. The number of hydrogen-bond acceptors (Lipinski definition) is 2. The Balaban J connectivity index is 2.48. The molecule has 1 aromatic heterocycles. The molecule has 1 unspecified atom stereocenters. The van der Waals surface area contributed by atoms with Gasteiger partial charge in [0.05, 0.1) is 6.04 Å². The van der Waals surface area contributed by atoms with Crippen molar-refractivity contribution in [1.29, 1.82) is 0 Å². The molecule has 1 nitrogen and oxygen atoms in total. The van der Waals surface area contributed by atoms with Gasteiger partial charge in [-0.2, -0.15) is 0 Å². The summed E-state index contributed by atoms with van der Waals surface area (Å²) in [5, 5.41) is 6.45. The first-order valence-electron chi connectivity index (χ1n) is 5.86. The van der Waals surface area contributed by atoms with Crippen molar-refractivity contribution in [2.45, 2.75) is 19.9 Å². The van der Waals surface area contributed by atoms with Gasteiger partial charge in [0.15, 0.2) is 0 Å². The average Bonchev–Trinajstić information content (AvgIpc) is 2.76. The Bertz CT molecular complexity index is 538. The Morgan fingerprint density at radius 3 is 2.78 bits per heavy atom. The third-order valence-corrected chi connectivity index (χ3v) is 5.30. The van der Waals surface area contributed by atoms with E-state index in [0.717, 1.165) is 27.2 Å². The maximum Gasteiger partial charge on any atom is 0.0697 e. The quantitative estimate of drug-likeness (QED) is 0.806. The number of thiophene rings is 1. The van der Waals surface area contributed by atoms with Crippen LogP contribution in [0.3, 0.4) is 0 Å². The van der Waals surface area contributed by atoms with Gasteiger partial charge in [-0.25, -0.2) is 0 Å². The van der Waals surface area contributed by atoms with Gasteiger partial charge in [-0.1, -0.05) is 36.7 Å². The average molecular weight is 345 g/mol. The molecule has 1 heterocycles. The van der Waals surface area contributed by atoms with E-state index in [1.54, 1.807) is 11.3 Å². The Morgan fingerprint density at radius 1 is 1.39 bits per heavy atom. The van der Waals surface area contributed by atoms with Gasteiger partial charge in [0.2, 0.25) is 0 Å². The molecule has 1 N–H and O–H groups in total. The predicted molar refractivity (Wildman–Crippen MR) is 83.7 cm³/mol. The van der Waals surface area contributed by atoms with Gasteiger partial charge in [0.25, 0.3) is 0 Å². The fourth-order valence-electron chi connectivity index (χ4n) is 1.95. The van der Waals surface area contributed by atoms with Crippen molar-refractivity contribution in [3.63, 3.8) is 0 Å². The summed E-state index contributed by atoms with van der Waals surface area (Å²) in [6.45, 7) is 5.05. The van der Waals surface area contributed by atoms with Crippen LogP contribution >= 0.6 is 38.9 Å². The summed E-state index contributed by atoms with van der Waals surface area (Å²) in [7, 11) is 0. The molecule has 0 fully saturated rings. The highest BCUT2D eigenvalue weighted by molar-refractivity contribution is 9.10. The number of aryl methyl sites for hydroxylation is 1. The van der Waals surface area contributed by atoms with Crippen LogP contribution in [-0.2, 0) is 0 Å². The molecule has 0 aliphatic rings. The van der Waals surface area contributed by atoms with Crippen LogP contribution in [0.1, 0.15) is 29.0 Å². The summed E-state index contributed by atoms with van der Waals surface area (Å²) < 4.78 is 1.14. The number of hydrogen-bond donors (Lipinski definition) is 1. The van der Waals surface area contributed by atoms with Gasteiger partial charge in [-0.3, -0.25) is 0 Å². The summed E-state index contributed by atoms with van der Waals surface area (Å²) in [5.41, 5.74) is 2.26. The molecule has 1 atom stereocenters. The zero-order chi connectivity index (χ0) is 13.1. The minimum Gasteiger partial charge on any atom is -0.306 e. The van der Waals surface area contributed by atoms with Crippen molar-refractivity contribution in [2.75, 3.05) is 6.54 Å². The van der Waals surface area contributed by atoms with E-state index >= 15 is 0 Å². The van der Waals surface area contributed by atoms with E-state index in [0.29, 0.717) is 0 Å². The Labute approximate surface area is 125 Å². The molecule has 0 radical (unpaired) electrons. The minimum atomic E-state index is 0.150. The molecule has 2 aromatic rings. The first-order chi connectivity index (χ1) is 8.65. The number of rotatable bonds is 4. The summed E-state index contributed by atoms with van der Waals surface area (Å²) in [6, 6.07) is 8.42. The van der Waals surface area contributed by atoms with Crippen LogP contribution in [0.2, 0.25) is 5.02 Å². The lowest BCUT2D eigenvalue weighted by atomic mass is 10.0. The van der Waals surface area contributed by atoms with Crippen molar-refractivity contribution < 1.29 is 0 Å². The standard InChI is InChI=1S/C14H15BrClNS/c1-3-17-13(14-11(15)7-8-18-14)10-6-4-5-9(2)12(10)16/h4-8,13,17H,3H2,1-2H3. The highest BCUT2D eigenvalue weighted by Gasteiger charge is 2.20. The van der Waals surface area contributed by atoms with E-state index < -0.39 is 0 Å². The molecular weight excluding hydrogens is 330 g/mol. The normalized spacial score (nSPS) is 12.7. The molecule has 0 saturated heterocycles. The van der Waals surface area contributed by atoms with Gasteiger partial charge in [-0.15, -0.1) is 11.3 Å². The molecule has 1 aromatic carbocycles. The van der Waals surface area contributed by atoms with Crippen LogP contribution in [0.5, 0.6) is 0 Å². The van der Waals surface area contributed by atoms with Crippen LogP contribution < -0.4 is 5.32 Å². The van der Waals surface area contributed by atoms with Crippen LogP contribution in [0.15, 0.2) is 34.1 Å². The van der Waals surface area contributed by atoms with Crippen LogP contribution in [-0.4, -0.2) is 6.54 Å². The van der Waals surface area contributed by atoms with Gasteiger partial charge in [0, 0.05) is 14.4 Å². The molecule has 0 bridgehead atoms. The van der Waals surface area contributed by atoms with Gasteiger partial charge < -0.3 is 5.32 Å². The van der Waals surface area contributed by atoms with Crippen molar-refractivity contribution in [1.82, 2.24) is 5.32 Å². The fourth-order valence-corrected chi connectivity index (χ4v) is 3.88. The van der Waals surface area contributed by atoms with E-state index in [4.69, 9.17) is 11.6 Å². The third-order valence-electron chi connectivity index (χ3n) is 2.85. The molecule has 18 heavy (non-hydrogen) atoms. The maximum absolute atomic E-state index is 6.44. The van der Waals surface area contributed by atoms with Crippen molar-refractivity contribution in [2.24, 2.45) is 0 Å². The second-order valence-electron chi connectivity index (χ2n) is 4.10. The SMILES string of the molecule is CCNC(c1cccc(C)c1Cl)c1sccc1Br. The first kappa shape index (κ1) is 14.1. The second-order valence-corrected chi connectivity index (χ2v) is 6.28. The predicted octanol–water partition coefficient (Wildman–Crippen LogP) is 5.17. The highest BCUT2D eigenvalue weighted by Crippen LogP contribution is 2.36. The molecule has 0 spiro atoms. The smallest absolute Gasteiger partial charge is 0.0697 e. The topological polar surface area (TPSA) is 12.0 Å². The molecule has 0 aliphatic carbocycles. The molecule has 96 valence electrons. The summed E-state index contributed by atoms with van der Waals surface area (Å²) in [5.74, 6) is 0. The van der Waals surface area contributed by atoms with E-state index in [1.807, 2.05) is 13.0 Å². The van der Waals surface area contributed by atoms with Crippen molar-refractivity contribution in [3.05, 3.63) is 55.1 Å². The molecule has 0 aliphatic heterocycles. The maximum atomic E-state index is 6.44. The van der Waals surface area contributed by atoms with E-state index in [-0.39, 0.29) is 6.04 Å². The van der Waals surface area contributed by atoms with E-state index in [2.05, 4.69) is 51.7 Å². The third kappa shape index (κ3) is 2.80. The lowest BCUT2D eigenvalue weighted by Gasteiger charge is -2.20. The minimum absolute atomic E-state index is 0.150. The van der Waals surface area contributed by atoms with Crippen LogP contribution in [0, 0.1) is 6.92 Å². The summed E-state index contributed by atoms with van der Waals surface area (Å²) in [4.78, 5) is 1.27. The van der Waals surface area contributed by atoms with Crippen molar-refractivity contribution in [3.8, 4) is 0 Å². The van der Waals surface area contributed by atoms with Gasteiger partial charge in [-0.05, 0) is 52.0 Å². The Kier molecular flexibility index (Phi) is 4.84. The lowest BCUT2D eigenvalue weighted by Crippen LogP contribution is -2.21. The van der Waals surface area contributed by atoms with E-state index in [1.165, 1.54) is 4.88 Å². The zero-order valence-corrected chi connectivity index (χ0v) is 13.5. The second kappa shape index (κ2) is 6.20. The molecule has 0 amide bonds. The highest BCUT2D eigenvalue weighted by atomic mass is 79.9. The van der Waals surface area contributed by atoms with E-state index in [9.17, 15) is 0 Å². The van der Waals surface area contributed by atoms with Crippen molar-refractivity contribution >= 4 is 38.9 Å². The van der Waals surface area contributed by atoms with Gasteiger partial charge in [0.1, 0.15) is 0 Å². The number of halogens is 2. The number of nitrogens with one attached hydrogen (secondary N) is 1. The van der Waals surface area contributed by atoms with Crippen LogP contribution in [0.25, 0.3) is 0 Å². The molecule has 0 saturated carbocycles. The lowest BCUT2D eigenvalue weighted by molar-refractivity contribution is 0.638. The largest absolute Gasteiger partial charge is 0.306 e. The number of benzene rings is 1. The zero-order valence-electron chi connectivity index (χ0n) is 10.3. The molecular formula is C14H15BrClNS. The Morgan fingerprint density at radius 2 is 2.17 bits per heavy atom. The monoisotopic (exact) mass is 343 g/mol. The first-order valence-corrected chi connectivity index (χ1v) is 7.91. The summed E-state index contributed by atoms with van der Waals surface area (Å²) >= 11 is 11.8. The molecule has 2 rings (SSSR count). The fraction of sp³-hybridized carbons (Fsp3) is 0.286. The van der Waals surface area contributed by atoms with Crippen LogP contribution in [0.4, 0.5) is 0 Å².